The monoisotopic (exact) mass is 353 g/mol. The Morgan fingerprint density at radius 1 is 1.19 bits per heavy atom. The molecular weight excluding hydrogens is 333 g/mol. The van der Waals surface area contributed by atoms with Gasteiger partial charge in [-0.1, -0.05) is 30.3 Å². The van der Waals surface area contributed by atoms with E-state index in [1.54, 1.807) is 16.8 Å². The Morgan fingerprint density at radius 3 is 2.65 bits per heavy atom. The minimum Gasteiger partial charge on any atom is -0.369 e. The van der Waals surface area contributed by atoms with Crippen LogP contribution in [-0.4, -0.2) is 39.7 Å². The van der Waals surface area contributed by atoms with Gasteiger partial charge in [-0.15, -0.1) is 0 Å². The molecule has 1 amide bonds. The molecule has 7 heteroatoms. The van der Waals surface area contributed by atoms with Crippen LogP contribution in [0.1, 0.15) is 11.4 Å². The zero-order valence-corrected chi connectivity index (χ0v) is 14.7. The van der Waals surface area contributed by atoms with E-state index in [2.05, 4.69) is 10.1 Å². The van der Waals surface area contributed by atoms with Crippen LogP contribution in [0.15, 0.2) is 48.5 Å². The van der Waals surface area contributed by atoms with Gasteiger partial charge in [-0.3, -0.25) is 4.79 Å². The van der Waals surface area contributed by atoms with Crippen LogP contribution in [0.4, 0.5) is 4.39 Å². The summed E-state index contributed by atoms with van der Waals surface area (Å²) in [6, 6.07) is 13.9. The molecule has 134 valence electrons. The van der Waals surface area contributed by atoms with E-state index in [9.17, 15) is 9.18 Å². The minimum atomic E-state index is -0.519. The molecule has 2 N–H and O–H groups in total. The van der Waals surface area contributed by atoms with Gasteiger partial charge in [0.25, 0.3) is 0 Å². The number of nitrogens with zero attached hydrogens (tertiary/aromatic N) is 4. The summed E-state index contributed by atoms with van der Waals surface area (Å²) in [6.45, 7) is 0.706. The molecule has 1 heterocycles. The molecule has 0 aliphatic rings. The summed E-state index contributed by atoms with van der Waals surface area (Å²) >= 11 is 0. The van der Waals surface area contributed by atoms with Crippen LogP contribution in [0.5, 0.6) is 0 Å². The number of benzene rings is 2. The predicted octanol–water partition coefficient (Wildman–Crippen LogP) is 2.16. The first kappa shape index (κ1) is 17.8. The van der Waals surface area contributed by atoms with E-state index in [1.807, 2.05) is 43.3 Å². The Morgan fingerprint density at radius 2 is 1.96 bits per heavy atom. The maximum atomic E-state index is 13.7. The number of carbonyl (C=O) groups excluding carboxylic acids is 1. The molecule has 3 rings (SSSR count). The number of rotatable bonds is 6. The molecular formula is C19H20FN5O. The van der Waals surface area contributed by atoms with Crippen molar-refractivity contribution in [3.05, 3.63) is 65.7 Å². The van der Waals surface area contributed by atoms with Crippen molar-refractivity contribution >= 4 is 5.91 Å². The van der Waals surface area contributed by atoms with Gasteiger partial charge in [0.1, 0.15) is 5.82 Å². The molecule has 6 nitrogen and oxygen atoms in total. The van der Waals surface area contributed by atoms with Gasteiger partial charge < -0.3 is 10.6 Å². The van der Waals surface area contributed by atoms with Crippen LogP contribution in [0.3, 0.4) is 0 Å². The van der Waals surface area contributed by atoms with Crippen LogP contribution in [0, 0.1) is 5.82 Å². The molecule has 2 aromatic carbocycles. The summed E-state index contributed by atoms with van der Waals surface area (Å²) in [4.78, 5) is 17.8. The van der Waals surface area contributed by atoms with Crippen molar-refractivity contribution in [2.45, 2.75) is 13.0 Å². The lowest BCUT2D eigenvalue weighted by Crippen LogP contribution is -2.14. The molecule has 0 bridgehead atoms. The Hall–Kier alpha value is -3.06. The van der Waals surface area contributed by atoms with Gasteiger partial charge in [-0.25, -0.2) is 14.1 Å². The maximum Gasteiger partial charge on any atom is 0.225 e. The smallest absolute Gasteiger partial charge is 0.225 e. The fourth-order valence-corrected chi connectivity index (χ4v) is 2.76. The Bertz CT molecular complexity index is 935. The van der Waals surface area contributed by atoms with E-state index in [0.717, 1.165) is 11.1 Å². The lowest BCUT2D eigenvalue weighted by Gasteiger charge is -2.14. The van der Waals surface area contributed by atoms with E-state index in [4.69, 9.17) is 5.73 Å². The van der Waals surface area contributed by atoms with Gasteiger partial charge in [0.2, 0.25) is 5.91 Å². The number of primary amides is 1. The summed E-state index contributed by atoms with van der Waals surface area (Å²) in [5, 5.41) is 4.38. The summed E-state index contributed by atoms with van der Waals surface area (Å²) in [5.41, 5.74) is 7.74. The molecule has 0 spiro atoms. The standard InChI is InChI=1S/C19H20FN5O/c1-24(2)12-13-6-3-4-9-16(13)19-22-18(11-17(21)26)23-25(19)15-8-5-7-14(20)10-15/h3-10H,11-12H2,1-2H3,(H2,21,26). The van der Waals surface area contributed by atoms with E-state index < -0.39 is 5.91 Å². The normalized spacial score (nSPS) is 11.1. The van der Waals surface area contributed by atoms with Gasteiger partial charge in [0.05, 0.1) is 12.1 Å². The fourth-order valence-electron chi connectivity index (χ4n) is 2.76. The topological polar surface area (TPSA) is 77.0 Å². The lowest BCUT2D eigenvalue weighted by molar-refractivity contribution is -0.117. The summed E-state index contributed by atoms with van der Waals surface area (Å²) < 4.78 is 15.3. The zero-order chi connectivity index (χ0) is 18.7. The summed E-state index contributed by atoms with van der Waals surface area (Å²) in [6.07, 6.45) is -0.0782. The first-order valence-electron chi connectivity index (χ1n) is 8.17. The van der Waals surface area contributed by atoms with E-state index in [0.29, 0.717) is 23.9 Å². The van der Waals surface area contributed by atoms with Crippen molar-refractivity contribution in [3.8, 4) is 17.1 Å². The van der Waals surface area contributed by atoms with Gasteiger partial charge in [0.15, 0.2) is 11.6 Å². The largest absolute Gasteiger partial charge is 0.369 e. The van der Waals surface area contributed by atoms with Crippen LogP contribution in [0.2, 0.25) is 0 Å². The molecule has 26 heavy (non-hydrogen) atoms. The second-order valence-electron chi connectivity index (χ2n) is 6.28. The first-order chi connectivity index (χ1) is 12.4. The molecule has 0 radical (unpaired) electrons. The second-order valence-corrected chi connectivity index (χ2v) is 6.28. The summed E-state index contributed by atoms with van der Waals surface area (Å²) in [7, 11) is 3.96. The van der Waals surface area contributed by atoms with Crippen molar-refractivity contribution in [2.75, 3.05) is 14.1 Å². The predicted molar refractivity (Wildman–Crippen MR) is 97.0 cm³/mol. The number of nitrogens with two attached hydrogens (primary N) is 1. The fraction of sp³-hybridized carbons (Fsp3) is 0.211. The van der Waals surface area contributed by atoms with Crippen LogP contribution in [-0.2, 0) is 17.8 Å². The number of hydrogen-bond donors (Lipinski definition) is 1. The van der Waals surface area contributed by atoms with Gasteiger partial charge in [0, 0.05) is 12.1 Å². The van der Waals surface area contributed by atoms with Gasteiger partial charge in [-0.05, 0) is 37.9 Å². The van der Waals surface area contributed by atoms with Crippen LogP contribution < -0.4 is 5.73 Å². The average Bonchev–Trinajstić information content (AvgIpc) is 2.97. The highest BCUT2D eigenvalue weighted by Crippen LogP contribution is 2.26. The van der Waals surface area contributed by atoms with E-state index in [1.165, 1.54) is 12.1 Å². The number of halogens is 1. The van der Waals surface area contributed by atoms with Crippen molar-refractivity contribution in [1.82, 2.24) is 19.7 Å². The molecule has 0 aliphatic heterocycles. The van der Waals surface area contributed by atoms with Crippen molar-refractivity contribution in [1.29, 1.82) is 0 Å². The molecule has 0 fully saturated rings. The molecule has 0 saturated heterocycles. The molecule has 3 aromatic rings. The number of carbonyl (C=O) groups is 1. The van der Waals surface area contributed by atoms with Crippen molar-refractivity contribution < 1.29 is 9.18 Å². The van der Waals surface area contributed by atoms with E-state index in [-0.39, 0.29) is 12.2 Å². The molecule has 0 atom stereocenters. The maximum absolute atomic E-state index is 13.7. The van der Waals surface area contributed by atoms with Crippen molar-refractivity contribution in [2.24, 2.45) is 5.73 Å². The van der Waals surface area contributed by atoms with Gasteiger partial charge in [-0.2, -0.15) is 5.10 Å². The Labute approximate surface area is 151 Å². The Kier molecular flexibility index (Phi) is 5.09. The van der Waals surface area contributed by atoms with Crippen LogP contribution in [0.25, 0.3) is 17.1 Å². The first-order valence-corrected chi connectivity index (χ1v) is 8.17. The quantitative estimate of drug-likeness (QED) is 0.737. The average molecular weight is 353 g/mol. The zero-order valence-electron chi connectivity index (χ0n) is 14.7. The number of aromatic nitrogens is 3. The molecule has 1 aromatic heterocycles. The number of hydrogen-bond acceptors (Lipinski definition) is 4. The lowest BCUT2D eigenvalue weighted by atomic mass is 10.1. The second kappa shape index (κ2) is 7.45. The van der Waals surface area contributed by atoms with Crippen molar-refractivity contribution in [3.63, 3.8) is 0 Å². The highest BCUT2D eigenvalue weighted by atomic mass is 19.1. The molecule has 0 unspecified atom stereocenters. The SMILES string of the molecule is CN(C)Cc1ccccc1-c1nc(CC(N)=O)nn1-c1cccc(F)c1. The molecule has 0 aliphatic carbocycles. The van der Waals surface area contributed by atoms with Gasteiger partial charge >= 0.3 is 0 Å². The third-order valence-electron chi connectivity index (χ3n) is 3.78. The third kappa shape index (κ3) is 3.94. The highest BCUT2D eigenvalue weighted by molar-refractivity contribution is 5.76. The highest BCUT2D eigenvalue weighted by Gasteiger charge is 2.18. The third-order valence-corrected chi connectivity index (χ3v) is 3.78. The Balaban J connectivity index is 2.17. The number of amides is 1. The molecule has 0 saturated carbocycles. The van der Waals surface area contributed by atoms with E-state index >= 15 is 0 Å². The summed E-state index contributed by atoms with van der Waals surface area (Å²) in [5.74, 6) is -0.0442. The van der Waals surface area contributed by atoms with Crippen LogP contribution >= 0.6 is 0 Å². The minimum absolute atomic E-state index is 0.0782.